The van der Waals surface area contributed by atoms with Gasteiger partial charge in [-0.25, -0.2) is 9.67 Å². The number of amides is 1. The first-order valence-electron chi connectivity index (χ1n) is 11.6. The molecule has 1 aliphatic heterocycles. The van der Waals surface area contributed by atoms with E-state index in [0.717, 1.165) is 49.1 Å². The second-order valence-corrected chi connectivity index (χ2v) is 9.36. The summed E-state index contributed by atoms with van der Waals surface area (Å²) in [5.41, 5.74) is 5.65. The third kappa shape index (κ3) is 5.04. The van der Waals surface area contributed by atoms with Crippen molar-refractivity contribution in [1.82, 2.24) is 19.7 Å². The summed E-state index contributed by atoms with van der Waals surface area (Å²) >= 11 is 1.56. The molecule has 32 heavy (non-hydrogen) atoms. The molecule has 170 valence electrons. The molecule has 0 N–H and O–H groups in total. The Labute approximate surface area is 194 Å². The number of nitrogens with zero attached hydrogens (tertiary/aromatic N) is 5. The number of hydrogen-bond donors (Lipinski definition) is 0. The second-order valence-electron chi connectivity index (χ2n) is 8.52. The quantitative estimate of drug-likeness (QED) is 0.471. The average Bonchev–Trinajstić information content (AvgIpc) is 3.39. The van der Waals surface area contributed by atoms with Gasteiger partial charge in [-0.2, -0.15) is 5.10 Å². The Kier molecular flexibility index (Phi) is 7.25. The highest BCUT2D eigenvalue weighted by molar-refractivity contribution is 7.12. The summed E-state index contributed by atoms with van der Waals surface area (Å²) in [5.74, 6) is 0.156. The summed E-state index contributed by atoms with van der Waals surface area (Å²) in [7, 11) is 0. The van der Waals surface area contributed by atoms with Crippen molar-refractivity contribution in [1.29, 1.82) is 0 Å². The first kappa shape index (κ1) is 22.5. The number of carbonyl (C=O) groups is 1. The summed E-state index contributed by atoms with van der Waals surface area (Å²) in [6, 6.07) is 10.4. The minimum atomic E-state index is 0.156. The van der Waals surface area contributed by atoms with Gasteiger partial charge in [-0.3, -0.25) is 4.79 Å². The molecule has 0 radical (unpaired) electrons. The van der Waals surface area contributed by atoms with Crippen LogP contribution in [-0.2, 0) is 17.6 Å². The zero-order chi connectivity index (χ0) is 22.5. The lowest BCUT2D eigenvalue weighted by molar-refractivity contribution is -0.130. The van der Waals surface area contributed by atoms with Crippen LogP contribution in [0.1, 0.15) is 48.8 Å². The zero-order valence-electron chi connectivity index (χ0n) is 19.4. The summed E-state index contributed by atoms with van der Waals surface area (Å²) < 4.78 is 1.95. The van der Waals surface area contributed by atoms with Crippen molar-refractivity contribution >= 4 is 22.9 Å². The van der Waals surface area contributed by atoms with Gasteiger partial charge in [0.15, 0.2) is 0 Å². The Morgan fingerprint density at radius 1 is 1.06 bits per heavy atom. The van der Waals surface area contributed by atoms with E-state index in [9.17, 15) is 4.79 Å². The minimum absolute atomic E-state index is 0.156. The van der Waals surface area contributed by atoms with Crippen molar-refractivity contribution in [2.45, 2.75) is 52.9 Å². The standard InChI is InChI=1S/C25H33N5OS/c1-4-5-7-12-23-19(2)27-30(20(23)3)25-26-21(18-32-25)17-24(31)29-15-13-28(14-16-29)22-10-8-6-9-11-22/h6,8-11,18H,4-5,7,12-17H2,1-3H3. The van der Waals surface area contributed by atoms with Crippen LogP contribution in [-0.4, -0.2) is 51.8 Å². The average molecular weight is 452 g/mol. The Bertz CT molecular complexity index is 1030. The molecule has 0 bridgehead atoms. The van der Waals surface area contributed by atoms with Gasteiger partial charge in [-0.1, -0.05) is 38.0 Å². The monoisotopic (exact) mass is 451 g/mol. The second kappa shape index (κ2) is 10.3. The fourth-order valence-corrected chi connectivity index (χ4v) is 5.19. The van der Waals surface area contributed by atoms with Gasteiger partial charge in [-0.15, -0.1) is 11.3 Å². The summed E-state index contributed by atoms with van der Waals surface area (Å²) in [4.78, 5) is 21.9. The number of rotatable bonds is 8. The molecule has 0 saturated carbocycles. The third-order valence-corrected chi connectivity index (χ3v) is 7.14. The van der Waals surface area contributed by atoms with Crippen LogP contribution >= 0.6 is 11.3 Å². The Hall–Kier alpha value is -2.67. The molecule has 1 aromatic carbocycles. The largest absolute Gasteiger partial charge is 0.368 e. The van der Waals surface area contributed by atoms with Crippen LogP contribution in [0.2, 0.25) is 0 Å². The fourth-order valence-electron chi connectivity index (χ4n) is 4.37. The topological polar surface area (TPSA) is 54.3 Å². The number of anilines is 1. The maximum absolute atomic E-state index is 12.9. The van der Waals surface area contributed by atoms with Gasteiger partial charge in [0, 0.05) is 42.9 Å². The smallest absolute Gasteiger partial charge is 0.228 e. The molecule has 1 amide bonds. The Morgan fingerprint density at radius 3 is 2.53 bits per heavy atom. The first-order valence-corrected chi connectivity index (χ1v) is 12.5. The minimum Gasteiger partial charge on any atom is -0.368 e. The molecule has 0 unspecified atom stereocenters. The van der Waals surface area contributed by atoms with Crippen molar-refractivity contribution < 1.29 is 4.79 Å². The predicted molar refractivity (Wildman–Crippen MR) is 131 cm³/mol. The molecule has 6 nitrogen and oxygen atoms in total. The molecular weight excluding hydrogens is 418 g/mol. The lowest BCUT2D eigenvalue weighted by atomic mass is 10.1. The molecule has 3 aromatic rings. The zero-order valence-corrected chi connectivity index (χ0v) is 20.2. The normalized spacial score (nSPS) is 14.2. The molecule has 0 aliphatic carbocycles. The molecule has 0 atom stereocenters. The van der Waals surface area contributed by atoms with Gasteiger partial charge in [0.1, 0.15) is 0 Å². The number of unbranched alkanes of at least 4 members (excludes halogenated alkanes) is 2. The molecular formula is C25H33N5OS. The van der Waals surface area contributed by atoms with Crippen LogP contribution in [0, 0.1) is 13.8 Å². The number of aryl methyl sites for hydroxylation is 1. The van der Waals surface area contributed by atoms with Crippen LogP contribution in [0.15, 0.2) is 35.7 Å². The summed E-state index contributed by atoms with van der Waals surface area (Å²) in [5, 5.41) is 7.59. The van der Waals surface area contributed by atoms with E-state index in [1.165, 1.54) is 36.2 Å². The molecule has 7 heteroatoms. The number of carbonyl (C=O) groups excluding carboxylic acids is 1. The number of benzene rings is 1. The molecule has 1 aliphatic rings. The third-order valence-electron chi connectivity index (χ3n) is 6.28. The van der Waals surface area contributed by atoms with Crippen LogP contribution in [0.3, 0.4) is 0 Å². The SMILES string of the molecule is CCCCCc1c(C)nn(-c2nc(CC(=O)N3CCN(c4ccccc4)CC3)cs2)c1C. The van der Waals surface area contributed by atoms with Gasteiger partial charge in [0.2, 0.25) is 11.0 Å². The fraction of sp³-hybridized carbons (Fsp3) is 0.480. The van der Waals surface area contributed by atoms with Crippen molar-refractivity contribution in [3.63, 3.8) is 0 Å². The van der Waals surface area contributed by atoms with Crippen molar-refractivity contribution in [2.75, 3.05) is 31.1 Å². The van der Waals surface area contributed by atoms with E-state index in [4.69, 9.17) is 10.1 Å². The van der Waals surface area contributed by atoms with Crippen molar-refractivity contribution in [2.24, 2.45) is 0 Å². The van der Waals surface area contributed by atoms with Gasteiger partial charge < -0.3 is 9.80 Å². The lowest BCUT2D eigenvalue weighted by Gasteiger charge is -2.36. The molecule has 2 aromatic heterocycles. The summed E-state index contributed by atoms with van der Waals surface area (Å²) in [6.45, 7) is 9.67. The van der Waals surface area contributed by atoms with E-state index in [1.807, 2.05) is 21.0 Å². The van der Waals surface area contributed by atoms with Crippen LogP contribution < -0.4 is 4.90 Å². The van der Waals surface area contributed by atoms with Crippen molar-refractivity contribution in [3.05, 3.63) is 58.4 Å². The lowest BCUT2D eigenvalue weighted by Crippen LogP contribution is -2.49. The van der Waals surface area contributed by atoms with Crippen molar-refractivity contribution in [3.8, 4) is 5.13 Å². The van der Waals surface area contributed by atoms with E-state index in [1.54, 1.807) is 11.3 Å². The van der Waals surface area contributed by atoms with E-state index >= 15 is 0 Å². The van der Waals surface area contributed by atoms with E-state index in [2.05, 4.69) is 49.9 Å². The number of aromatic nitrogens is 3. The highest BCUT2D eigenvalue weighted by Gasteiger charge is 2.22. The number of hydrogen-bond acceptors (Lipinski definition) is 5. The van der Waals surface area contributed by atoms with Crippen LogP contribution in [0.4, 0.5) is 5.69 Å². The van der Waals surface area contributed by atoms with Gasteiger partial charge >= 0.3 is 0 Å². The van der Waals surface area contributed by atoms with Crippen LogP contribution in [0.5, 0.6) is 0 Å². The molecule has 1 fully saturated rings. The predicted octanol–water partition coefficient (Wildman–Crippen LogP) is 4.57. The number of thiazole rings is 1. The molecule has 3 heterocycles. The van der Waals surface area contributed by atoms with Gasteiger partial charge in [0.25, 0.3) is 0 Å². The van der Waals surface area contributed by atoms with E-state index in [0.29, 0.717) is 6.42 Å². The molecule has 0 spiro atoms. The highest BCUT2D eigenvalue weighted by Crippen LogP contribution is 2.23. The summed E-state index contributed by atoms with van der Waals surface area (Å²) in [6.07, 6.45) is 5.07. The van der Waals surface area contributed by atoms with E-state index < -0.39 is 0 Å². The highest BCUT2D eigenvalue weighted by atomic mass is 32.1. The van der Waals surface area contributed by atoms with Gasteiger partial charge in [0.05, 0.1) is 17.8 Å². The van der Waals surface area contributed by atoms with Gasteiger partial charge in [-0.05, 0) is 44.4 Å². The molecule has 4 rings (SSSR count). The number of para-hydroxylation sites is 1. The molecule has 1 saturated heterocycles. The maximum Gasteiger partial charge on any atom is 0.228 e. The van der Waals surface area contributed by atoms with Crippen LogP contribution in [0.25, 0.3) is 5.13 Å². The Morgan fingerprint density at radius 2 is 1.81 bits per heavy atom. The van der Waals surface area contributed by atoms with E-state index in [-0.39, 0.29) is 5.91 Å². The first-order chi connectivity index (χ1) is 15.6. The maximum atomic E-state index is 12.9. The Balaban J connectivity index is 1.36. The number of piperazine rings is 1.